The fourth-order valence-corrected chi connectivity index (χ4v) is 10.5. The average Bonchev–Trinajstić information content (AvgIpc) is 3.65. The van der Waals surface area contributed by atoms with Gasteiger partial charge in [0.2, 0.25) is 0 Å². The van der Waals surface area contributed by atoms with Gasteiger partial charge in [-0.2, -0.15) is 0 Å². The second-order valence-corrected chi connectivity index (χ2v) is 16.4. The molecule has 0 fully saturated rings. The smallest absolute Gasteiger partial charge is 0.0714 e. The number of hydrogen-bond donors (Lipinski definition) is 0. The van der Waals surface area contributed by atoms with Gasteiger partial charge < -0.3 is 4.90 Å². The first-order chi connectivity index (χ1) is 30.8. The zero-order chi connectivity index (χ0) is 41.0. The summed E-state index contributed by atoms with van der Waals surface area (Å²) in [6.45, 7) is 0. The van der Waals surface area contributed by atoms with Crippen LogP contribution in [-0.4, -0.2) is 0 Å². The summed E-state index contributed by atoms with van der Waals surface area (Å²) in [6, 6.07) is 91.8. The molecule has 1 aliphatic carbocycles. The maximum atomic E-state index is 2.51. The van der Waals surface area contributed by atoms with E-state index >= 15 is 0 Å². The van der Waals surface area contributed by atoms with Crippen LogP contribution in [0.4, 0.5) is 17.1 Å². The van der Waals surface area contributed by atoms with Crippen molar-refractivity contribution in [2.75, 3.05) is 4.90 Å². The Kier molecular flexibility index (Phi) is 8.47. The van der Waals surface area contributed by atoms with E-state index in [0.717, 1.165) is 17.1 Å². The predicted octanol–water partition coefficient (Wildman–Crippen LogP) is 16.3. The molecule has 62 heavy (non-hydrogen) atoms. The fraction of sp³-hybridized carbons (Fsp3) is 0.0164. The highest BCUT2D eigenvalue weighted by Gasteiger charge is 2.46. The Morgan fingerprint density at radius 2 is 0.806 bits per heavy atom. The number of nitrogens with zero attached hydrogens (tertiary/aromatic N) is 1. The minimum absolute atomic E-state index is 0.528. The molecule has 0 aromatic heterocycles. The molecule has 1 heteroatoms. The van der Waals surface area contributed by atoms with E-state index < -0.39 is 5.41 Å². The second-order valence-electron chi connectivity index (χ2n) is 16.4. The Bertz CT molecular complexity index is 3420. The van der Waals surface area contributed by atoms with E-state index in [4.69, 9.17) is 0 Å². The molecule has 0 aliphatic heterocycles. The van der Waals surface area contributed by atoms with Gasteiger partial charge in [-0.05, 0) is 113 Å². The molecule has 0 spiro atoms. The molecular formula is C61H41N. The van der Waals surface area contributed by atoms with Gasteiger partial charge in [0, 0.05) is 16.8 Å². The average molecular weight is 788 g/mol. The summed E-state index contributed by atoms with van der Waals surface area (Å²) in [7, 11) is 0. The molecule has 0 amide bonds. The molecule has 1 aliphatic rings. The minimum Gasteiger partial charge on any atom is -0.310 e. The maximum Gasteiger partial charge on any atom is 0.0714 e. The van der Waals surface area contributed by atoms with Crippen LogP contribution in [0.2, 0.25) is 0 Å². The summed E-state index contributed by atoms with van der Waals surface area (Å²) in [4.78, 5) is 2.51. The molecule has 290 valence electrons. The highest BCUT2D eigenvalue weighted by atomic mass is 15.1. The van der Waals surface area contributed by atoms with Crippen LogP contribution in [-0.2, 0) is 5.41 Å². The van der Waals surface area contributed by atoms with E-state index in [1.54, 1.807) is 0 Å². The van der Waals surface area contributed by atoms with E-state index in [-0.39, 0.29) is 0 Å². The van der Waals surface area contributed by atoms with Crippen LogP contribution in [0.5, 0.6) is 0 Å². The molecule has 0 radical (unpaired) electrons. The van der Waals surface area contributed by atoms with Crippen molar-refractivity contribution in [1.29, 1.82) is 0 Å². The topological polar surface area (TPSA) is 3.24 Å². The van der Waals surface area contributed by atoms with Crippen molar-refractivity contribution in [1.82, 2.24) is 0 Å². The third kappa shape index (κ3) is 5.56. The Balaban J connectivity index is 1.15. The molecule has 0 heterocycles. The zero-order valence-electron chi connectivity index (χ0n) is 34.1. The van der Waals surface area contributed by atoms with Crippen LogP contribution in [0.3, 0.4) is 0 Å². The van der Waals surface area contributed by atoms with Crippen LogP contribution in [0.15, 0.2) is 249 Å². The molecule has 11 aromatic rings. The van der Waals surface area contributed by atoms with E-state index in [1.165, 1.54) is 88.0 Å². The van der Waals surface area contributed by atoms with Gasteiger partial charge in [0.1, 0.15) is 0 Å². The lowest BCUT2D eigenvalue weighted by molar-refractivity contribution is 0.768. The van der Waals surface area contributed by atoms with Gasteiger partial charge in [-0.15, -0.1) is 0 Å². The van der Waals surface area contributed by atoms with E-state index in [0.29, 0.717) is 0 Å². The van der Waals surface area contributed by atoms with Crippen molar-refractivity contribution >= 4 is 49.4 Å². The normalized spacial score (nSPS) is 12.6. The van der Waals surface area contributed by atoms with Crippen molar-refractivity contribution in [2.45, 2.75) is 5.41 Å². The maximum absolute atomic E-state index is 2.51. The van der Waals surface area contributed by atoms with Gasteiger partial charge in [0.05, 0.1) is 11.1 Å². The predicted molar refractivity (Wildman–Crippen MR) is 262 cm³/mol. The largest absolute Gasteiger partial charge is 0.310 e. The zero-order valence-corrected chi connectivity index (χ0v) is 34.1. The summed E-state index contributed by atoms with van der Waals surface area (Å²) < 4.78 is 0. The lowest BCUT2D eigenvalue weighted by Gasteiger charge is -2.35. The molecule has 0 atom stereocenters. The molecule has 0 saturated carbocycles. The van der Waals surface area contributed by atoms with E-state index in [1.807, 2.05) is 0 Å². The molecular weight excluding hydrogens is 747 g/mol. The second kappa shape index (κ2) is 14.6. The molecule has 0 bridgehead atoms. The number of hydrogen-bond acceptors (Lipinski definition) is 1. The van der Waals surface area contributed by atoms with Crippen LogP contribution >= 0.6 is 0 Å². The lowest BCUT2D eigenvalue weighted by Crippen LogP contribution is -2.28. The monoisotopic (exact) mass is 787 g/mol. The first-order valence-electron chi connectivity index (χ1n) is 21.5. The number of rotatable bonds is 7. The van der Waals surface area contributed by atoms with Crippen molar-refractivity contribution in [3.63, 3.8) is 0 Å². The highest BCUT2D eigenvalue weighted by molar-refractivity contribution is 6.15. The lowest BCUT2D eigenvalue weighted by atomic mass is 9.67. The highest BCUT2D eigenvalue weighted by Crippen LogP contribution is 2.57. The Labute approximate surface area is 362 Å². The quantitative estimate of drug-likeness (QED) is 0.145. The van der Waals surface area contributed by atoms with Gasteiger partial charge >= 0.3 is 0 Å². The van der Waals surface area contributed by atoms with E-state index in [2.05, 4.69) is 254 Å². The molecule has 0 saturated heterocycles. The molecule has 0 unspecified atom stereocenters. The molecule has 11 aromatic carbocycles. The molecule has 1 nitrogen and oxygen atoms in total. The van der Waals surface area contributed by atoms with Gasteiger partial charge in [0.25, 0.3) is 0 Å². The third-order valence-corrected chi connectivity index (χ3v) is 13.1. The Hall–Kier alpha value is -8.00. The Morgan fingerprint density at radius 3 is 1.55 bits per heavy atom. The molecule has 0 N–H and O–H groups in total. The van der Waals surface area contributed by atoms with Crippen molar-refractivity contribution in [3.8, 4) is 33.4 Å². The first kappa shape index (κ1) is 35.9. The van der Waals surface area contributed by atoms with Crippen molar-refractivity contribution in [2.24, 2.45) is 0 Å². The standard InChI is InChI=1S/C61H41N/c1-4-19-42(20-5-1)51-34-17-22-43-23-18-35-52(60(43)51)44-24-16-29-48(39-44)62(59-40-45-21-10-11-30-50(45)53-31-12-13-33-56(53)59)49-37-38-55-54-32-14-15-36-57(54)61(58(55)41-49,46-25-6-2-7-26-46)47-27-8-3-9-28-47/h1-41H. The van der Waals surface area contributed by atoms with Gasteiger partial charge in [-0.3, -0.25) is 0 Å². The number of benzene rings is 11. The number of anilines is 3. The van der Waals surface area contributed by atoms with Gasteiger partial charge in [-0.25, -0.2) is 0 Å². The van der Waals surface area contributed by atoms with Gasteiger partial charge in [-0.1, -0.05) is 218 Å². The SMILES string of the molecule is c1ccc(-c2cccc3cccc(-c4cccc(N(c5ccc6c(c5)C(c5ccccc5)(c5ccccc5)c5ccccc5-6)c5cc6ccccc6c6ccccc56)c4)c23)cc1. The van der Waals surface area contributed by atoms with Crippen molar-refractivity contribution < 1.29 is 0 Å². The summed E-state index contributed by atoms with van der Waals surface area (Å²) in [5.41, 5.74) is 15.3. The third-order valence-electron chi connectivity index (χ3n) is 13.1. The van der Waals surface area contributed by atoms with Gasteiger partial charge in [0.15, 0.2) is 0 Å². The first-order valence-corrected chi connectivity index (χ1v) is 21.5. The molecule has 12 rings (SSSR count). The Morgan fingerprint density at radius 1 is 0.290 bits per heavy atom. The summed E-state index contributed by atoms with van der Waals surface area (Å²) in [6.07, 6.45) is 0. The number of fused-ring (bicyclic) bond motifs is 7. The van der Waals surface area contributed by atoms with Crippen LogP contribution < -0.4 is 4.90 Å². The fourth-order valence-electron chi connectivity index (χ4n) is 10.5. The minimum atomic E-state index is -0.528. The summed E-state index contributed by atoms with van der Waals surface area (Å²) in [5.74, 6) is 0. The summed E-state index contributed by atoms with van der Waals surface area (Å²) in [5, 5.41) is 7.38. The van der Waals surface area contributed by atoms with Crippen LogP contribution in [0, 0.1) is 0 Å². The van der Waals surface area contributed by atoms with E-state index in [9.17, 15) is 0 Å². The van der Waals surface area contributed by atoms with Crippen LogP contribution in [0.1, 0.15) is 22.3 Å². The van der Waals surface area contributed by atoms with Crippen LogP contribution in [0.25, 0.3) is 65.7 Å². The van der Waals surface area contributed by atoms with Crippen molar-refractivity contribution in [3.05, 3.63) is 271 Å². The summed E-state index contributed by atoms with van der Waals surface area (Å²) >= 11 is 0.